The molecule has 7 heteroatoms. The molecule has 6 nitrogen and oxygen atoms in total. The standard InChI is InChI=1S/C14H12ClN3O3/c1-9(13(19)18-11-6-2-3-7-16-11)21-14(20)10-5-4-8-17-12(10)15/h2-9H,1H3,(H,16,18,19). The highest BCUT2D eigenvalue weighted by atomic mass is 35.5. The zero-order valence-corrected chi connectivity index (χ0v) is 11.9. The Kier molecular flexibility index (Phi) is 4.84. The van der Waals surface area contributed by atoms with Gasteiger partial charge in [0.2, 0.25) is 0 Å². The van der Waals surface area contributed by atoms with E-state index < -0.39 is 18.0 Å². The zero-order valence-electron chi connectivity index (χ0n) is 11.1. The van der Waals surface area contributed by atoms with Gasteiger partial charge < -0.3 is 10.1 Å². The number of nitrogens with one attached hydrogen (secondary N) is 1. The number of pyridine rings is 2. The lowest BCUT2D eigenvalue weighted by Crippen LogP contribution is -2.30. The molecule has 1 N–H and O–H groups in total. The third-order valence-electron chi connectivity index (χ3n) is 2.55. The predicted octanol–water partition coefficient (Wildman–Crippen LogP) is 2.31. The van der Waals surface area contributed by atoms with Crippen molar-refractivity contribution in [3.8, 4) is 0 Å². The van der Waals surface area contributed by atoms with E-state index in [-0.39, 0.29) is 10.7 Å². The van der Waals surface area contributed by atoms with E-state index in [2.05, 4.69) is 15.3 Å². The third kappa shape index (κ3) is 4.00. The van der Waals surface area contributed by atoms with Gasteiger partial charge in [0, 0.05) is 12.4 Å². The Morgan fingerprint density at radius 2 is 1.95 bits per heavy atom. The summed E-state index contributed by atoms with van der Waals surface area (Å²) in [5.41, 5.74) is 0.108. The van der Waals surface area contributed by atoms with E-state index in [0.717, 1.165) is 0 Å². The minimum atomic E-state index is -0.990. The van der Waals surface area contributed by atoms with Crippen LogP contribution in [0.1, 0.15) is 17.3 Å². The molecule has 108 valence electrons. The molecule has 0 aromatic carbocycles. The van der Waals surface area contributed by atoms with E-state index in [0.29, 0.717) is 5.82 Å². The van der Waals surface area contributed by atoms with E-state index in [1.807, 2.05) is 0 Å². The molecule has 0 aliphatic rings. The van der Waals surface area contributed by atoms with Gasteiger partial charge >= 0.3 is 5.97 Å². The fourth-order valence-electron chi connectivity index (χ4n) is 1.48. The normalized spacial score (nSPS) is 11.5. The van der Waals surface area contributed by atoms with Crippen LogP contribution in [0, 0.1) is 0 Å². The molecule has 1 atom stereocenters. The molecule has 2 aromatic rings. The maximum atomic E-state index is 11.9. The summed E-state index contributed by atoms with van der Waals surface area (Å²) in [4.78, 5) is 31.5. The van der Waals surface area contributed by atoms with Crippen LogP contribution in [0.5, 0.6) is 0 Å². The molecule has 0 saturated carbocycles. The summed E-state index contributed by atoms with van der Waals surface area (Å²) in [5.74, 6) is -0.816. The second kappa shape index (κ2) is 6.81. The summed E-state index contributed by atoms with van der Waals surface area (Å²) in [7, 11) is 0. The Morgan fingerprint density at radius 3 is 2.62 bits per heavy atom. The van der Waals surface area contributed by atoms with Crippen molar-refractivity contribution < 1.29 is 14.3 Å². The van der Waals surface area contributed by atoms with Gasteiger partial charge in [0.05, 0.1) is 5.56 Å². The van der Waals surface area contributed by atoms with Gasteiger partial charge in [-0.05, 0) is 31.2 Å². The average molecular weight is 306 g/mol. The maximum Gasteiger partial charge on any atom is 0.342 e. The highest BCUT2D eigenvalue weighted by Gasteiger charge is 2.21. The molecule has 0 spiro atoms. The molecule has 1 amide bonds. The van der Waals surface area contributed by atoms with Crippen molar-refractivity contribution in [2.75, 3.05) is 5.32 Å². The third-order valence-corrected chi connectivity index (χ3v) is 2.85. The summed E-state index contributed by atoms with van der Waals surface area (Å²) >= 11 is 5.79. The number of nitrogens with zero attached hydrogens (tertiary/aromatic N) is 2. The van der Waals surface area contributed by atoms with Gasteiger partial charge in [0.25, 0.3) is 5.91 Å². The van der Waals surface area contributed by atoms with Gasteiger partial charge in [-0.2, -0.15) is 0 Å². The van der Waals surface area contributed by atoms with Crippen molar-refractivity contribution >= 4 is 29.3 Å². The molecule has 2 heterocycles. The largest absolute Gasteiger partial charge is 0.449 e. The van der Waals surface area contributed by atoms with Gasteiger partial charge in [-0.3, -0.25) is 4.79 Å². The maximum absolute atomic E-state index is 11.9. The number of hydrogen-bond acceptors (Lipinski definition) is 5. The molecule has 0 bridgehead atoms. The molecule has 0 saturated heterocycles. The summed E-state index contributed by atoms with van der Waals surface area (Å²) in [5, 5.41) is 2.56. The number of aromatic nitrogens is 2. The second-order valence-corrected chi connectivity index (χ2v) is 4.45. The number of carbonyl (C=O) groups excluding carboxylic acids is 2. The summed E-state index contributed by atoms with van der Waals surface area (Å²) < 4.78 is 5.05. The molecule has 0 radical (unpaired) electrons. The first-order valence-electron chi connectivity index (χ1n) is 6.11. The van der Waals surface area contributed by atoms with Crippen LogP contribution in [0.3, 0.4) is 0 Å². The van der Waals surface area contributed by atoms with Crippen LogP contribution < -0.4 is 5.32 Å². The summed E-state index contributed by atoms with van der Waals surface area (Å²) in [6.45, 7) is 1.46. The lowest BCUT2D eigenvalue weighted by molar-refractivity contribution is -0.123. The molecule has 0 aliphatic carbocycles. The molecule has 2 rings (SSSR count). The minimum absolute atomic E-state index is 0.0276. The Bertz CT molecular complexity index is 649. The number of halogens is 1. The van der Waals surface area contributed by atoms with Gasteiger partial charge in [-0.1, -0.05) is 17.7 Å². The van der Waals surface area contributed by atoms with E-state index in [4.69, 9.17) is 16.3 Å². The highest BCUT2D eigenvalue weighted by molar-refractivity contribution is 6.32. The number of anilines is 1. The van der Waals surface area contributed by atoms with E-state index in [1.165, 1.54) is 19.2 Å². The molecular weight excluding hydrogens is 294 g/mol. The first-order valence-corrected chi connectivity index (χ1v) is 6.49. The fourth-order valence-corrected chi connectivity index (χ4v) is 1.68. The first kappa shape index (κ1) is 14.9. The van der Waals surface area contributed by atoms with Crippen molar-refractivity contribution in [3.63, 3.8) is 0 Å². The molecule has 0 aliphatic heterocycles. The van der Waals surface area contributed by atoms with Crippen LogP contribution in [-0.2, 0) is 9.53 Å². The van der Waals surface area contributed by atoms with Crippen molar-refractivity contribution in [3.05, 3.63) is 53.4 Å². The van der Waals surface area contributed by atoms with Crippen molar-refractivity contribution in [2.24, 2.45) is 0 Å². The highest BCUT2D eigenvalue weighted by Crippen LogP contribution is 2.14. The second-order valence-electron chi connectivity index (χ2n) is 4.09. The van der Waals surface area contributed by atoms with Crippen molar-refractivity contribution in [1.82, 2.24) is 9.97 Å². The fraction of sp³-hybridized carbons (Fsp3) is 0.143. The van der Waals surface area contributed by atoms with Crippen LogP contribution in [0.2, 0.25) is 5.15 Å². The monoisotopic (exact) mass is 305 g/mol. The Balaban J connectivity index is 1.98. The van der Waals surface area contributed by atoms with Crippen molar-refractivity contribution in [1.29, 1.82) is 0 Å². The molecule has 1 unspecified atom stereocenters. The molecular formula is C14H12ClN3O3. The predicted molar refractivity (Wildman–Crippen MR) is 77.0 cm³/mol. The number of rotatable bonds is 4. The quantitative estimate of drug-likeness (QED) is 0.692. The van der Waals surface area contributed by atoms with Gasteiger partial charge in [0.1, 0.15) is 11.0 Å². The van der Waals surface area contributed by atoms with Crippen LogP contribution in [0.15, 0.2) is 42.7 Å². The summed E-state index contributed by atoms with van der Waals surface area (Å²) in [6.07, 6.45) is 2.01. The number of carbonyl (C=O) groups is 2. The number of hydrogen-bond donors (Lipinski definition) is 1. The van der Waals surface area contributed by atoms with E-state index in [9.17, 15) is 9.59 Å². The summed E-state index contributed by atoms with van der Waals surface area (Å²) in [6, 6.07) is 8.12. The van der Waals surface area contributed by atoms with Crippen molar-refractivity contribution in [2.45, 2.75) is 13.0 Å². The number of esters is 1. The topological polar surface area (TPSA) is 81.2 Å². The van der Waals surface area contributed by atoms with Crippen LogP contribution >= 0.6 is 11.6 Å². The average Bonchev–Trinajstić information content (AvgIpc) is 2.48. The van der Waals surface area contributed by atoms with Gasteiger partial charge in [-0.15, -0.1) is 0 Å². The lowest BCUT2D eigenvalue weighted by atomic mass is 10.3. The Labute approximate surface area is 126 Å². The Hall–Kier alpha value is -2.47. The van der Waals surface area contributed by atoms with Crippen LogP contribution in [0.25, 0.3) is 0 Å². The minimum Gasteiger partial charge on any atom is -0.449 e. The molecule has 0 fully saturated rings. The SMILES string of the molecule is CC(OC(=O)c1cccnc1Cl)C(=O)Nc1ccccn1. The van der Waals surface area contributed by atoms with Gasteiger partial charge in [-0.25, -0.2) is 14.8 Å². The lowest BCUT2D eigenvalue weighted by Gasteiger charge is -2.13. The number of ether oxygens (including phenoxy) is 1. The van der Waals surface area contributed by atoms with Crippen LogP contribution in [-0.4, -0.2) is 27.9 Å². The number of amides is 1. The smallest absolute Gasteiger partial charge is 0.342 e. The first-order chi connectivity index (χ1) is 10.1. The molecule has 2 aromatic heterocycles. The van der Waals surface area contributed by atoms with E-state index >= 15 is 0 Å². The van der Waals surface area contributed by atoms with Crippen LogP contribution in [0.4, 0.5) is 5.82 Å². The Morgan fingerprint density at radius 1 is 1.19 bits per heavy atom. The molecule has 21 heavy (non-hydrogen) atoms. The van der Waals surface area contributed by atoms with Gasteiger partial charge in [0.15, 0.2) is 6.10 Å². The van der Waals surface area contributed by atoms with E-state index in [1.54, 1.807) is 30.5 Å². The zero-order chi connectivity index (χ0) is 15.2.